The standard InChI is InChI=1S/C14H19NO3/c1-2-17-13-6-4-3-5-12(13)14(16)18-11-7-9-15-10-8-11/h3-6,11,15H,2,7-10H2,1H3. The molecule has 0 aromatic heterocycles. The fourth-order valence-corrected chi connectivity index (χ4v) is 2.04. The van der Waals surface area contributed by atoms with Crippen LogP contribution in [0.25, 0.3) is 0 Å². The van der Waals surface area contributed by atoms with Gasteiger partial charge < -0.3 is 14.8 Å². The van der Waals surface area contributed by atoms with Gasteiger partial charge in [0.05, 0.1) is 6.61 Å². The van der Waals surface area contributed by atoms with Crippen molar-refractivity contribution in [2.75, 3.05) is 19.7 Å². The molecule has 0 atom stereocenters. The number of rotatable bonds is 4. The number of hydrogen-bond donors (Lipinski definition) is 1. The van der Waals surface area contributed by atoms with E-state index in [1.807, 2.05) is 19.1 Å². The van der Waals surface area contributed by atoms with Crippen LogP contribution in [0.15, 0.2) is 24.3 Å². The Balaban J connectivity index is 2.03. The summed E-state index contributed by atoms with van der Waals surface area (Å²) in [5.74, 6) is 0.310. The van der Waals surface area contributed by atoms with Gasteiger partial charge in [-0.05, 0) is 45.0 Å². The van der Waals surface area contributed by atoms with Crippen molar-refractivity contribution in [3.05, 3.63) is 29.8 Å². The van der Waals surface area contributed by atoms with Crippen LogP contribution in [0.2, 0.25) is 0 Å². The first-order valence-electron chi connectivity index (χ1n) is 6.44. The third-order valence-electron chi connectivity index (χ3n) is 2.97. The van der Waals surface area contributed by atoms with Crippen molar-refractivity contribution < 1.29 is 14.3 Å². The Hall–Kier alpha value is -1.55. The lowest BCUT2D eigenvalue weighted by molar-refractivity contribution is 0.0226. The molecule has 0 amide bonds. The molecule has 1 fully saturated rings. The SMILES string of the molecule is CCOc1ccccc1C(=O)OC1CCNCC1. The van der Waals surface area contributed by atoms with Crippen LogP contribution in [0.1, 0.15) is 30.1 Å². The van der Waals surface area contributed by atoms with Gasteiger partial charge in [-0.3, -0.25) is 0 Å². The molecular formula is C14H19NO3. The Morgan fingerprint density at radius 3 is 2.78 bits per heavy atom. The first-order chi connectivity index (χ1) is 8.81. The molecule has 4 nitrogen and oxygen atoms in total. The van der Waals surface area contributed by atoms with Crippen LogP contribution in [0.4, 0.5) is 0 Å². The lowest BCUT2D eigenvalue weighted by Gasteiger charge is -2.23. The predicted octanol–water partition coefficient (Wildman–Crippen LogP) is 1.99. The van der Waals surface area contributed by atoms with Crippen LogP contribution in [0.5, 0.6) is 5.75 Å². The molecule has 1 heterocycles. The number of carbonyl (C=O) groups is 1. The summed E-state index contributed by atoms with van der Waals surface area (Å²) >= 11 is 0. The lowest BCUT2D eigenvalue weighted by Crippen LogP contribution is -2.33. The minimum Gasteiger partial charge on any atom is -0.493 e. The van der Waals surface area contributed by atoms with E-state index < -0.39 is 0 Å². The average molecular weight is 249 g/mol. The number of para-hydroxylation sites is 1. The largest absolute Gasteiger partial charge is 0.493 e. The summed E-state index contributed by atoms with van der Waals surface area (Å²) in [6, 6.07) is 7.21. The van der Waals surface area contributed by atoms with Crippen molar-refractivity contribution in [1.82, 2.24) is 5.32 Å². The molecular weight excluding hydrogens is 230 g/mol. The van der Waals surface area contributed by atoms with Gasteiger partial charge in [-0.15, -0.1) is 0 Å². The van der Waals surface area contributed by atoms with Gasteiger partial charge >= 0.3 is 5.97 Å². The van der Waals surface area contributed by atoms with Crippen LogP contribution in [0, 0.1) is 0 Å². The van der Waals surface area contributed by atoms with Crippen LogP contribution in [-0.4, -0.2) is 31.8 Å². The van der Waals surface area contributed by atoms with Gasteiger partial charge in [0, 0.05) is 0 Å². The Bertz CT molecular complexity index is 400. The van der Waals surface area contributed by atoms with E-state index in [9.17, 15) is 4.79 Å². The van der Waals surface area contributed by atoms with Gasteiger partial charge in [0.15, 0.2) is 0 Å². The first kappa shape index (κ1) is 12.9. The number of hydrogen-bond acceptors (Lipinski definition) is 4. The number of nitrogens with one attached hydrogen (secondary N) is 1. The van der Waals surface area contributed by atoms with Crippen LogP contribution in [-0.2, 0) is 4.74 Å². The molecule has 0 aliphatic carbocycles. The zero-order chi connectivity index (χ0) is 12.8. The molecule has 0 saturated carbocycles. The number of ether oxygens (including phenoxy) is 2. The Kier molecular flexibility index (Phi) is 4.59. The number of esters is 1. The third-order valence-corrected chi connectivity index (χ3v) is 2.97. The van der Waals surface area contributed by atoms with Crippen LogP contribution < -0.4 is 10.1 Å². The summed E-state index contributed by atoms with van der Waals surface area (Å²) in [5.41, 5.74) is 0.512. The van der Waals surface area contributed by atoms with Crippen molar-refractivity contribution in [3.63, 3.8) is 0 Å². The molecule has 1 N–H and O–H groups in total. The van der Waals surface area contributed by atoms with Gasteiger partial charge in [-0.2, -0.15) is 0 Å². The summed E-state index contributed by atoms with van der Waals surface area (Å²) in [6.07, 6.45) is 1.78. The van der Waals surface area contributed by atoms with Gasteiger partial charge in [0.25, 0.3) is 0 Å². The minimum absolute atomic E-state index is 0.0217. The molecule has 1 aliphatic rings. The minimum atomic E-state index is -0.286. The number of piperidine rings is 1. The predicted molar refractivity (Wildman–Crippen MR) is 68.9 cm³/mol. The quantitative estimate of drug-likeness (QED) is 0.829. The molecule has 1 saturated heterocycles. The van der Waals surface area contributed by atoms with Crippen LogP contribution >= 0.6 is 0 Å². The summed E-state index contributed by atoms with van der Waals surface area (Å²) in [7, 11) is 0. The van der Waals surface area contributed by atoms with Gasteiger partial charge in [-0.1, -0.05) is 12.1 Å². The highest BCUT2D eigenvalue weighted by atomic mass is 16.5. The number of benzene rings is 1. The Morgan fingerprint density at radius 1 is 1.33 bits per heavy atom. The molecule has 18 heavy (non-hydrogen) atoms. The molecule has 0 bridgehead atoms. The molecule has 0 radical (unpaired) electrons. The van der Waals surface area contributed by atoms with Crippen molar-refractivity contribution in [2.24, 2.45) is 0 Å². The molecule has 0 unspecified atom stereocenters. The van der Waals surface area contributed by atoms with E-state index in [0.29, 0.717) is 17.9 Å². The summed E-state index contributed by atoms with van der Waals surface area (Å²) in [4.78, 5) is 12.1. The zero-order valence-electron chi connectivity index (χ0n) is 10.6. The van der Waals surface area contributed by atoms with E-state index in [1.54, 1.807) is 12.1 Å². The maximum atomic E-state index is 12.1. The topological polar surface area (TPSA) is 47.6 Å². The fraction of sp³-hybridized carbons (Fsp3) is 0.500. The molecule has 2 rings (SSSR count). The monoisotopic (exact) mass is 249 g/mol. The normalized spacial score (nSPS) is 16.3. The van der Waals surface area contributed by atoms with E-state index >= 15 is 0 Å². The smallest absolute Gasteiger partial charge is 0.342 e. The molecule has 1 aromatic rings. The third kappa shape index (κ3) is 3.23. The van der Waals surface area contributed by atoms with Crippen molar-refractivity contribution >= 4 is 5.97 Å². The van der Waals surface area contributed by atoms with Gasteiger partial charge in [0.2, 0.25) is 0 Å². The van der Waals surface area contributed by atoms with E-state index in [4.69, 9.17) is 9.47 Å². The maximum absolute atomic E-state index is 12.1. The molecule has 1 aromatic carbocycles. The van der Waals surface area contributed by atoms with E-state index in [2.05, 4.69) is 5.32 Å². The Labute approximate surface area is 107 Å². The first-order valence-corrected chi connectivity index (χ1v) is 6.44. The molecule has 0 spiro atoms. The highest BCUT2D eigenvalue weighted by Gasteiger charge is 2.20. The maximum Gasteiger partial charge on any atom is 0.342 e. The molecule has 1 aliphatic heterocycles. The van der Waals surface area contributed by atoms with Gasteiger partial charge in [0.1, 0.15) is 17.4 Å². The van der Waals surface area contributed by atoms with Crippen LogP contribution in [0.3, 0.4) is 0 Å². The Morgan fingerprint density at radius 2 is 2.06 bits per heavy atom. The van der Waals surface area contributed by atoms with E-state index in [1.165, 1.54) is 0 Å². The number of carbonyl (C=O) groups excluding carboxylic acids is 1. The average Bonchev–Trinajstić information content (AvgIpc) is 2.41. The van der Waals surface area contributed by atoms with Crippen molar-refractivity contribution in [1.29, 1.82) is 0 Å². The fourth-order valence-electron chi connectivity index (χ4n) is 2.04. The van der Waals surface area contributed by atoms with Gasteiger partial charge in [-0.25, -0.2) is 4.79 Å². The zero-order valence-corrected chi connectivity index (χ0v) is 10.6. The molecule has 98 valence electrons. The molecule has 4 heteroatoms. The second kappa shape index (κ2) is 6.40. The summed E-state index contributed by atoms with van der Waals surface area (Å²) < 4.78 is 10.9. The van der Waals surface area contributed by atoms with Crippen molar-refractivity contribution in [2.45, 2.75) is 25.9 Å². The highest BCUT2D eigenvalue weighted by molar-refractivity contribution is 5.92. The second-order valence-electron chi connectivity index (χ2n) is 4.28. The van der Waals surface area contributed by atoms with E-state index in [0.717, 1.165) is 25.9 Å². The second-order valence-corrected chi connectivity index (χ2v) is 4.28. The highest BCUT2D eigenvalue weighted by Crippen LogP contribution is 2.20. The lowest BCUT2D eigenvalue weighted by atomic mass is 10.1. The summed E-state index contributed by atoms with van der Waals surface area (Å²) in [6.45, 7) is 4.25. The van der Waals surface area contributed by atoms with Crippen molar-refractivity contribution in [3.8, 4) is 5.75 Å². The summed E-state index contributed by atoms with van der Waals surface area (Å²) in [5, 5.41) is 3.24. The van der Waals surface area contributed by atoms with E-state index in [-0.39, 0.29) is 12.1 Å².